The quantitative estimate of drug-likeness (QED) is 0.851. The summed E-state index contributed by atoms with van der Waals surface area (Å²) in [7, 11) is 0. The molecule has 0 radical (unpaired) electrons. The van der Waals surface area contributed by atoms with E-state index < -0.39 is 0 Å². The van der Waals surface area contributed by atoms with E-state index in [1.54, 1.807) is 6.07 Å². The van der Waals surface area contributed by atoms with Gasteiger partial charge in [0.25, 0.3) is 0 Å². The van der Waals surface area contributed by atoms with E-state index in [2.05, 4.69) is 48.6 Å². The number of phenolic OH excluding ortho intramolecular Hbond substituents is 1. The van der Waals surface area contributed by atoms with Crippen LogP contribution in [0.2, 0.25) is 0 Å². The van der Waals surface area contributed by atoms with Gasteiger partial charge in [-0.25, -0.2) is 0 Å². The van der Waals surface area contributed by atoms with Crippen molar-refractivity contribution < 1.29 is 5.11 Å². The summed E-state index contributed by atoms with van der Waals surface area (Å²) in [5, 5.41) is 13.6. The highest BCUT2D eigenvalue weighted by Gasteiger charge is 2.27. The molecule has 1 aliphatic carbocycles. The summed E-state index contributed by atoms with van der Waals surface area (Å²) in [5.74, 6) is 0.866. The molecule has 2 aromatic rings. The fourth-order valence-electron chi connectivity index (χ4n) is 3.64. The van der Waals surface area contributed by atoms with Crippen LogP contribution in [0, 0.1) is 0 Å². The van der Waals surface area contributed by atoms with Crippen molar-refractivity contribution in [1.82, 2.24) is 5.32 Å². The second kappa shape index (κ2) is 6.97. The van der Waals surface area contributed by atoms with Crippen LogP contribution >= 0.6 is 0 Å². The first-order valence-corrected chi connectivity index (χ1v) is 8.34. The molecular formula is C20H25NO. The largest absolute Gasteiger partial charge is 0.508 e. The van der Waals surface area contributed by atoms with Crippen molar-refractivity contribution in [2.75, 3.05) is 0 Å². The van der Waals surface area contributed by atoms with Crippen molar-refractivity contribution >= 4 is 0 Å². The molecule has 0 amide bonds. The van der Waals surface area contributed by atoms with Crippen LogP contribution in [-0.4, -0.2) is 11.1 Å². The minimum atomic E-state index is 0.351. The Balaban J connectivity index is 1.75. The minimum absolute atomic E-state index is 0.351. The molecule has 2 N–H and O–H groups in total. The Morgan fingerprint density at radius 3 is 2.55 bits per heavy atom. The second-order valence-electron chi connectivity index (χ2n) is 6.39. The Kier molecular flexibility index (Phi) is 4.79. The molecule has 2 aromatic carbocycles. The molecule has 0 heterocycles. The van der Waals surface area contributed by atoms with Crippen molar-refractivity contribution in [2.45, 2.75) is 50.6 Å². The Bertz CT molecular complexity index is 596. The van der Waals surface area contributed by atoms with E-state index in [9.17, 15) is 5.11 Å². The summed E-state index contributed by atoms with van der Waals surface area (Å²) in [4.78, 5) is 0. The lowest BCUT2D eigenvalue weighted by Crippen LogP contribution is -2.38. The molecule has 22 heavy (non-hydrogen) atoms. The molecule has 0 aliphatic heterocycles. The van der Waals surface area contributed by atoms with Crippen molar-refractivity contribution in [3.8, 4) is 5.75 Å². The molecular weight excluding hydrogens is 270 g/mol. The second-order valence-corrected chi connectivity index (χ2v) is 6.39. The number of hydrogen-bond acceptors (Lipinski definition) is 2. The van der Waals surface area contributed by atoms with Gasteiger partial charge in [-0.15, -0.1) is 0 Å². The summed E-state index contributed by atoms with van der Waals surface area (Å²) in [6, 6.07) is 19.2. The number of hydrogen-bond donors (Lipinski definition) is 2. The van der Waals surface area contributed by atoms with E-state index in [-0.39, 0.29) is 0 Å². The highest BCUT2D eigenvalue weighted by molar-refractivity contribution is 5.31. The summed E-state index contributed by atoms with van der Waals surface area (Å²) >= 11 is 0. The molecule has 1 aliphatic rings. The first kappa shape index (κ1) is 15.1. The average molecular weight is 295 g/mol. The highest BCUT2D eigenvalue weighted by atomic mass is 16.3. The van der Waals surface area contributed by atoms with Gasteiger partial charge in [0.1, 0.15) is 5.75 Å². The molecule has 3 atom stereocenters. The first-order chi connectivity index (χ1) is 10.7. The number of phenols is 1. The third-order valence-corrected chi connectivity index (χ3v) is 4.83. The molecule has 1 fully saturated rings. The first-order valence-electron chi connectivity index (χ1n) is 8.34. The Hall–Kier alpha value is -1.80. The third kappa shape index (κ3) is 3.50. The fourth-order valence-corrected chi connectivity index (χ4v) is 3.64. The van der Waals surface area contributed by atoms with Crippen molar-refractivity contribution in [1.29, 1.82) is 0 Å². The van der Waals surface area contributed by atoms with Gasteiger partial charge in [-0.05, 0) is 48.9 Å². The van der Waals surface area contributed by atoms with Crippen molar-refractivity contribution in [3.05, 3.63) is 65.7 Å². The molecule has 0 bridgehead atoms. The molecule has 0 spiro atoms. The number of nitrogens with one attached hydrogen (secondary N) is 1. The Labute approximate surface area is 133 Å². The average Bonchev–Trinajstić information content (AvgIpc) is 2.56. The zero-order chi connectivity index (χ0) is 15.4. The smallest absolute Gasteiger partial charge is 0.115 e. The summed E-state index contributed by atoms with van der Waals surface area (Å²) in [6.07, 6.45) is 4.97. The standard InChI is InChI=1S/C20H25NO/c1-15(16-8-3-2-4-9-16)21-20-13-6-5-12-19(20)17-10-7-11-18(22)14-17/h2-4,7-11,14-15,19-22H,5-6,12-13H2,1H3. The maximum Gasteiger partial charge on any atom is 0.115 e. The normalized spacial score (nSPS) is 23.1. The van der Waals surface area contributed by atoms with Crippen molar-refractivity contribution in [2.24, 2.45) is 0 Å². The molecule has 2 nitrogen and oxygen atoms in total. The van der Waals surface area contributed by atoms with Crippen LogP contribution in [0.4, 0.5) is 0 Å². The van der Waals surface area contributed by atoms with Gasteiger partial charge in [0, 0.05) is 12.1 Å². The molecule has 116 valence electrons. The highest BCUT2D eigenvalue weighted by Crippen LogP contribution is 2.35. The van der Waals surface area contributed by atoms with Crippen LogP contribution in [-0.2, 0) is 0 Å². The SMILES string of the molecule is CC(NC1CCCCC1c1cccc(O)c1)c1ccccc1. The van der Waals surface area contributed by atoms with Gasteiger partial charge >= 0.3 is 0 Å². The number of rotatable bonds is 4. The Morgan fingerprint density at radius 2 is 1.77 bits per heavy atom. The van der Waals surface area contributed by atoms with E-state index in [4.69, 9.17) is 0 Å². The van der Waals surface area contributed by atoms with Crippen LogP contribution in [0.25, 0.3) is 0 Å². The van der Waals surface area contributed by atoms with E-state index in [1.165, 1.54) is 36.8 Å². The zero-order valence-corrected chi connectivity index (χ0v) is 13.2. The van der Waals surface area contributed by atoms with Crippen LogP contribution in [0.15, 0.2) is 54.6 Å². The zero-order valence-electron chi connectivity index (χ0n) is 13.2. The van der Waals surface area contributed by atoms with E-state index in [0.717, 1.165) is 0 Å². The maximum absolute atomic E-state index is 9.77. The summed E-state index contributed by atoms with van der Waals surface area (Å²) < 4.78 is 0. The molecule has 3 unspecified atom stereocenters. The van der Waals surface area contributed by atoms with E-state index in [0.29, 0.717) is 23.8 Å². The van der Waals surface area contributed by atoms with Gasteiger partial charge in [0.15, 0.2) is 0 Å². The molecule has 1 saturated carbocycles. The monoisotopic (exact) mass is 295 g/mol. The summed E-state index contributed by atoms with van der Waals surface area (Å²) in [5.41, 5.74) is 2.60. The molecule has 0 saturated heterocycles. The van der Waals surface area contributed by atoms with Gasteiger partial charge in [0.05, 0.1) is 0 Å². The van der Waals surface area contributed by atoms with Crippen LogP contribution in [0.5, 0.6) is 5.75 Å². The van der Waals surface area contributed by atoms with Gasteiger partial charge in [-0.2, -0.15) is 0 Å². The van der Waals surface area contributed by atoms with Gasteiger partial charge < -0.3 is 10.4 Å². The number of aromatic hydroxyl groups is 1. The van der Waals surface area contributed by atoms with Crippen molar-refractivity contribution in [3.63, 3.8) is 0 Å². The van der Waals surface area contributed by atoms with Gasteiger partial charge in [0.2, 0.25) is 0 Å². The lowest BCUT2D eigenvalue weighted by Gasteiger charge is -2.35. The van der Waals surface area contributed by atoms with E-state index >= 15 is 0 Å². The fraction of sp³-hybridized carbons (Fsp3) is 0.400. The van der Waals surface area contributed by atoms with Crippen LogP contribution in [0.3, 0.4) is 0 Å². The Morgan fingerprint density at radius 1 is 1.00 bits per heavy atom. The number of benzene rings is 2. The topological polar surface area (TPSA) is 32.3 Å². The molecule has 3 rings (SSSR count). The lowest BCUT2D eigenvalue weighted by atomic mass is 9.79. The van der Waals surface area contributed by atoms with Crippen LogP contribution in [0.1, 0.15) is 55.7 Å². The predicted molar refractivity (Wildman–Crippen MR) is 91.1 cm³/mol. The summed E-state index contributed by atoms with van der Waals surface area (Å²) in [6.45, 7) is 2.24. The minimum Gasteiger partial charge on any atom is -0.508 e. The van der Waals surface area contributed by atoms with Gasteiger partial charge in [-0.3, -0.25) is 0 Å². The lowest BCUT2D eigenvalue weighted by molar-refractivity contribution is 0.305. The van der Waals surface area contributed by atoms with E-state index in [1.807, 2.05) is 12.1 Å². The van der Waals surface area contributed by atoms with Gasteiger partial charge in [-0.1, -0.05) is 55.3 Å². The molecule has 0 aromatic heterocycles. The molecule has 2 heteroatoms. The predicted octanol–water partition coefficient (Wildman–Crippen LogP) is 4.77. The van der Waals surface area contributed by atoms with Crippen LogP contribution < -0.4 is 5.32 Å². The maximum atomic E-state index is 9.77. The third-order valence-electron chi connectivity index (χ3n) is 4.83.